The Morgan fingerprint density at radius 3 is 1.35 bits per heavy atom. The molecule has 4 bridgehead atoms. The van der Waals surface area contributed by atoms with Gasteiger partial charge in [0.05, 0.1) is 58.8 Å². The minimum Gasteiger partial charge on any atom is -0.398 e. The number of anilines is 6. The SMILES string of the molecule is CN=CN=C(N)c1ccc(C2=CCN(C(=O)CN3CC[C@]4(CCN(c5ccc(N)c(C(=N)C6=CC(C(C)C)[N+](=O)C=C6)n5)C4=O)C3)CC2)cc1.Cn1cnc(-c2ccc(C3=CCN(C(=O)CN4CC[C@]5(CCN(c6ccc(N)c(C(=N)C78CC(C#N)(C7)C8)c6)C5=O)C4)CC3)cc2)n1.Cn1cnc(-c2ccc(C3=CCN(C(=O)CN4CC[C@]5(CCN(c6ccc(N)c(C(=N)C78CC(C7)C8)c6)C5=O)C4)CC3)cc2)n1. The lowest BCUT2D eigenvalue weighted by atomic mass is 9.34. The fourth-order valence-electron chi connectivity index (χ4n) is 24.1. The number of hydrogen-bond acceptors (Lipinski definition) is 23. The lowest BCUT2D eigenvalue weighted by molar-refractivity contribution is -0.517. The molecule has 13 heterocycles. The van der Waals surface area contributed by atoms with Crippen molar-refractivity contribution in [1.82, 2.24) is 63.9 Å². The van der Waals surface area contributed by atoms with Crippen LogP contribution in [-0.2, 0) is 42.9 Å². The van der Waals surface area contributed by atoms with Crippen LogP contribution in [0.3, 0.4) is 0 Å². The summed E-state index contributed by atoms with van der Waals surface area (Å²) in [5, 5.41) is 44.8. The van der Waals surface area contributed by atoms with E-state index in [9.17, 15) is 38.9 Å². The molecule has 732 valence electrons. The van der Waals surface area contributed by atoms with Gasteiger partial charge in [0.25, 0.3) is 0 Å². The molecule has 34 heteroatoms. The van der Waals surface area contributed by atoms with Crippen molar-refractivity contribution in [1.29, 1.82) is 21.5 Å². The number of nitriles is 1. The number of hydrogen-bond donors (Lipinski definition) is 7. The van der Waals surface area contributed by atoms with Crippen LogP contribution in [0, 0.1) is 76.8 Å². The highest BCUT2D eigenvalue weighted by atomic mass is 16.3. The van der Waals surface area contributed by atoms with E-state index in [0.29, 0.717) is 174 Å². The first-order chi connectivity index (χ1) is 68.3. The largest absolute Gasteiger partial charge is 0.398 e. The number of amidine groups is 1. The fraction of sp³-hybridized carbons (Fsp3) is 0.435. The number of rotatable bonds is 23. The van der Waals surface area contributed by atoms with Crippen molar-refractivity contribution in [3.63, 3.8) is 0 Å². The van der Waals surface area contributed by atoms with Gasteiger partial charge in [-0.3, -0.25) is 68.1 Å². The van der Waals surface area contributed by atoms with E-state index in [0.717, 1.165) is 158 Å². The number of aryl methyl sites for hydroxylation is 2. The highest BCUT2D eigenvalue weighted by Crippen LogP contribution is 2.74. The number of nitroso groups, excluding NO2 is 1. The number of aliphatic imine (C=N–C) groups is 2. The monoisotopic (exact) mass is 1910 g/mol. The second-order valence-electron chi connectivity index (χ2n) is 42.2. The molecule has 0 radical (unpaired) electrons. The van der Waals surface area contributed by atoms with Gasteiger partial charge in [-0.15, -0.1) is 0 Å². The molecule has 12 fully saturated rings. The molecule has 34 nitrogen and oxygen atoms in total. The highest BCUT2D eigenvalue weighted by Gasteiger charge is 2.71. The number of amides is 6. The van der Waals surface area contributed by atoms with E-state index in [1.54, 1.807) is 64.3 Å². The van der Waals surface area contributed by atoms with Crippen molar-refractivity contribution in [3.8, 4) is 28.8 Å². The van der Waals surface area contributed by atoms with Gasteiger partial charge in [0.15, 0.2) is 11.6 Å². The van der Waals surface area contributed by atoms with Gasteiger partial charge >= 0.3 is 0 Å². The normalized spacial score (nSPS) is 26.1. The summed E-state index contributed by atoms with van der Waals surface area (Å²) >= 11 is 0. The topological polar surface area (TPSA) is 450 Å². The van der Waals surface area contributed by atoms with Gasteiger partial charge in [0.2, 0.25) is 47.7 Å². The number of nitrogens with two attached hydrogens (primary N) is 4. The Balaban J connectivity index is 0.000000131. The van der Waals surface area contributed by atoms with E-state index in [2.05, 4.69) is 93.4 Å². The molecule has 8 aromatic rings. The van der Waals surface area contributed by atoms with Crippen LogP contribution in [0.4, 0.5) is 34.3 Å². The Morgan fingerprint density at radius 1 is 0.542 bits per heavy atom. The molecule has 24 rings (SSSR count). The second-order valence-corrected chi connectivity index (χ2v) is 42.2. The second kappa shape index (κ2) is 37.9. The Kier molecular flexibility index (Phi) is 25.4. The van der Waals surface area contributed by atoms with Crippen molar-refractivity contribution >= 4 is 116 Å². The molecule has 6 saturated heterocycles. The number of carbonyl (C=O) groups excluding carboxylic acids is 6. The molecule has 16 aliphatic rings. The van der Waals surface area contributed by atoms with Crippen LogP contribution in [-0.4, -0.2) is 264 Å². The highest BCUT2D eigenvalue weighted by molar-refractivity contribution is 6.15. The first-order valence-corrected chi connectivity index (χ1v) is 49.7. The van der Waals surface area contributed by atoms with Gasteiger partial charge in [-0.2, -0.15) is 15.5 Å². The van der Waals surface area contributed by atoms with E-state index >= 15 is 0 Å². The van der Waals surface area contributed by atoms with E-state index < -0.39 is 22.3 Å². The molecule has 5 aromatic carbocycles. The molecule has 11 N–H and O–H groups in total. The molecule has 142 heavy (non-hydrogen) atoms. The van der Waals surface area contributed by atoms with Crippen LogP contribution in [0.2, 0.25) is 0 Å². The zero-order valence-corrected chi connectivity index (χ0v) is 81.4. The zero-order chi connectivity index (χ0) is 99.1. The van der Waals surface area contributed by atoms with E-state index in [1.165, 1.54) is 29.3 Å². The zero-order valence-electron chi connectivity index (χ0n) is 81.4. The predicted octanol–water partition coefficient (Wildman–Crippen LogP) is 11.2. The average molecular weight is 1910 g/mol. The Morgan fingerprint density at radius 2 is 0.951 bits per heavy atom. The van der Waals surface area contributed by atoms with Crippen molar-refractivity contribution in [2.24, 2.45) is 74.1 Å². The molecule has 6 aliphatic carbocycles. The van der Waals surface area contributed by atoms with Crippen molar-refractivity contribution < 1.29 is 33.5 Å². The van der Waals surface area contributed by atoms with Gasteiger partial charge < -0.3 is 58.3 Å². The maximum Gasteiger partial charge on any atom is 0.237 e. The summed E-state index contributed by atoms with van der Waals surface area (Å²) in [5.41, 5.74) is 39.5. The molecule has 6 amide bonds. The van der Waals surface area contributed by atoms with Crippen LogP contribution in [0.15, 0.2) is 186 Å². The fourth-order valence-corrected chi connectivity index (χ4v) is 24.1. The molecular weight excluding hydrogens is 1790 g/mol. The van der Waals surface area contributed by atoms with Crippen molar-refractivity contribution in [3.05, 3.63) is 220 Å². The third kappa shape index (κ3) is 18.0. The minimum absolute atomic E-state index is 0.0102. The van der Waals surface area contributed by atoms with Gasteiger partial charge in [-0.25, -0.2) is 19.9 Å². The number of pyridine rings is 1. The summed E-state index contributed by atoms with van der Waals surface area (Å²) in [6, 6.07) is 41.2. The third-order valence-corrected chi connectivity index (χ3v) is 32.7. The standard InChI is InChI=1S/C37H45N10O3.C36H39N9O2.C35H40N8O2/c1-24(2)30-20-28(12-17-47(30)50)33(39)34-29(38)8-9-31(43-34)46-19-14-37(36(46)49)13-18-44(22-37)21-32(48)45-15-10-26(11-16-45)25-4-6-27(7-5-25)35(40)42-23-41-3;1-42-23-40-32(41-42)26-4-2-24(3-5-26)25-8-12-44(13-9-25)30(46)17-43-14-10-35(22-43)11-15-45(33(35)47)27-6-7-29(38)28(16-27)31(39)36-18-34(19-36,20-36)21-37;1-40-22-38-32(39-40)26-4-2-24(3-5-26)25-8-12-42(13-9-25)30(44)20-41-14-10-34(21-41)11-15-43(33(34)45)27-6-7-29(36)28(16-27)31(37)35-17-23(18-35)19-35/h4-10,12,17,20,23-24,30,39H,11,13-16,18-19,21-22,38H2,1-3H3,(H2,40,41,42);2-8,16,23,39H,9-15,17-20,22,38H2,1H3;2-8,16,22-23,37H,9-15,17-21,36H2,1H3/q+1;;/t30?,37-;34?,35-,36?;23?,34-,35?/m000/s1. The predicted molar refractivity (Wildman–Crippen MR) is 548 cm³/mol. The minimum atomic E-state index is -0.577. The van der Waals surface area contributed by atoms with Crippen LogP contribution < -0.4 is 37.6 Å². The molecule has 1 unspecified atom stereocenters. The molecule has 4 atom stereocenters. The van der Waals surface area contributed by atoms with E-state index in [1.807, 2.05) is 131 Å². The van der Waals surface area contributed by atoms with Crippen molar-refractivity contribution in [2.75, 3.05) is 157 Å². The van der Waals surface area contributed by atoms with Crippen molar-refractivity contribution in [2.45, 2.75) is 116 Å². The van der Waals surface area contributed by atoms with Crippen LogP contribution in [0.1, 0.15) is 149 Å². The average Bonchev–Trinajstić information content (AvgIpc) is 0.831. The lowest BCUT2D eigenvalue weighted by Gasteiger charge is -2.67. The molecule has 6 saturated carbocycles. The van der Waals surface area contributed by atoms with E-state index in [-0.39, 0.29) is 75.6 Å². The molecule has 3 spiro atoms. The number of benzene rings is 5. The Labute approximate surface area is 826 Å². The number of nitrogen functional groups attached to an aromatic ring is 3. The maximum atomic E-state index is 13.9. The molecule has 3 aromatic heterocycles. The summed E-state index contributed by atoms with van der Waals surface area (Å²) in [4.78, 5) is 133. The first-order valence-electron chi connectivity index (χ1n) is 49.7. The smallest absolute Gasteiger partial charge is 0.237 e. The van der Waals surface area contributed by atoms with E-state index in [4.69, 9.17) is 44.1 Å². The van der Waals surface area contributed by atoms with Gasteiger partial charge in [-0.1, -0.05) is 105 Å². The summed E-state index contributed by atoms with van der Waals surface area (Å²) in [7, 11) is 5.35. The van der Waals surface area contributed by atoms with Crippen LogP contribution in [0.5, 0.6) is 0 Å². The quantitative estimate of drug-likeness (QED) is 0.0135. The summed E-state index contributed by atoms with van der Waals surface area (Å²) in [6.07, 6.45) is 28.3. The van der Waals surface area contributed by atoms with Crippen LogP contribution in [0.25, 0.3) is 39.5 Å². The van der Waals surface area contributed by atoms with Gasteiger partial charge in [0.1, 0.15) is 36.3 Å². The maximum absolute atomic E-state index is 13.9. The number of nitrogens with one attached hydrogen (secondary N) is 3. The molecule has 10 aliphatic heterocycles. The first kappa shape index (κ1) is 95.1. The lowest BCUT2D eigenvalue weighted by Crippen LogP contribution is -2.64. The Bertz CT molecular complexity index is 6710. The number of likely N-dealkylation sites (tertiary alicyclic amines) is 3. The number of allylic oxidation sites excluding steroid dienone is 2. The number of carbonyl (C=O) groups is 6. The summed E-state index contributed by atoms with van der Waals surface area (Å²) < 4.78 is 4.27. The third-order valence-electron chi connectivity index (χ3n) is 32.7. The summed E-state index contributed by atoms with van der Waals surface area (Å²) in [5.74, 6) is 3.64. The number of aromatic nitrogens is 7. The van der Waals surface area contributed by atoms with Crippen LogP contribution >= 0.6 is 0 Å². The molecular formula is C108H124N27O7+. The van der Waals surface area contributed by atoms with Gasteiger partial charge in [0, 0.05) is 200 Å². The Hall–Kier alpha value is -14.4. The number of nitrogens with zero attached hydrogens (tertiary/aromatic N) is 20. The van der Waals surface area contributed by atoms with Gasteiger partial charge in [-0.05, 0) is 210 Å². The summed E-state index contributed by atoms with van der Waals surface area (Å²) in [6.45, 7) is 14.2.